The standard InChI is InChI=1S/C35H43FN6O13/c1-55-21-8-6-19(7-9-21)16-25(34(53)41-23(32(37)51)10-13-29(45)46)42-35(54)26(17-20-4-2-3-5-22(20)36)40-28(44)18-38-33(52)24(11-14-30(47)48)39-27(43)12-15-31(49)50/h2-9,23-26H,10-18H2,1H3,(H2,37,51)(H,38,52)(H,39,43)(H,40,44)(H,41,53)(H,42,54)(H,45,46)(H,47,48)(H,49,50)/t23-,24-,25-,26-/m0/s1. The van der Waals surface area contributed by atoms with E-state index in [1.165, 1.54) is 25.3 Å². The van der Waals surface area contributed by atoms with E-state index in [0.717, 1.165) is 6.07 Å². The summed E-state index contributed by atoms with van der Waals surface area (Å²) in [4.78, 5) is 111. The van der Waals surface area contributed by atoms with Gasteiger partial charge in [0, 0.05) is 32.1 Å². The van der Waals surface area contributed by atoms with Crippen LogP contribution in [-0.2, 0) is 56.0 Å². The third-order valence-corrected chi connectivity index (χ3v) is 7.86. The van der Waals surface area contributed by atoms with Crippen molar-refractivity contribution in [3.8, 4) is 5.75 Å². The highest BCUT2D eigenvalue weighted by Crippen LogP contribution is 2.14. The Morgan fingerprint density at radius 1 is 0.636 bits per heavy atom. The maximum absolute atomic E-state index is 14.7. The number of hydrogen-bond acceptors (Lipinski definition) is 10. The Morgan fingerprint density at radius 2 is 1.16 bits per heavy atom. The van der Waals surface area contributed by atoms with Gasteiger partial charge in [0.15, 0.2) is 0 Å². The van der Waals surface area contributed by atoms with Crippen LogP contribution < -0.4 is 37.1 Å². The molecule has 20 heteroatoms. The third kappa shape index (κ3) is 16.7. The first kappa shape index (κ1) is 44.6. The second-order valence-corrected chi connectivity index (χ2v) is 12.1. The Hall–Kier alpha value is -6.60. The van der Waals surface area contributed by atoms with Crippen LogP contribution >= 0.6 is 0 Å². The Kier molecular flexibility index (Phi) is 18.2. The van der Waals surface area contributed by atoms with E-state index in [9.17, 15) is 47.5 Å². The van der Waals surface area contributed by atoms with Crippen LogP contribution in [0.25, 0.3) is 0 Å². The van der Waals surface area contributed by atoms with E-state index in [-0.39, 0.29) is 18.4 Å². The first-order valence-electron chi connectivity index (χ1n) is 16.8. The number of methoxy groups -OCH3 is 1. The van der Waals surface area contributed by atoms with E-state index in [2.05, 4.69) is 26.6 Å². The molecule has 0 saturated carbocycles. The fourth-order valence-corrected chi connectivity index (χ4v) is 4.96. The average molecular weight is 775 g/mol. The van der Waals surface area contributed by atoms with Crippen molar-refractivity contribution in [3.63, 3.8) is 0 Å². The van der Waals surface area contributed by atoms with E-state index in [4.69, 9.17) is 25.8 Å². The van der Waals surface area contributed by atoms with Crippen LogP contribution in [0.3, 0.4) is 0 Å². The normalized spacial score (nSPS) is 12.8. The lowest BCUT2D eigenvalue weighted by molar-refractivity contribution is -0.139. The van der Waals surface area contributed by atoms with Gasteiger partial charge in [0.05, 0.1) is 20.1 Å². The third-order valence-electron chi connectivity index (χ3n) is 7.86. The summed E-state index contributed by atoms with van der Waals surface area (Å²) in [6.07, 6.45) is -3.59. The molecule has 0 spiro atoms. The molecule has 0 bridgehead atoms. The summed E-state index contributed by atoms with van der Waals surface area (Å²) in [6, 6.07) is 5.66. The van der Waals surface area contributed by atoms with Gasteiger partial charge in [-0.3, -0.25) is 43.2 Å². The fourth-order valence-electron chi connectivity index (χ4n) is 4.96. The molecule has 0 saturated heterocycles. The molecular formula is C35H43FN6O13. The number of benzene rings is 2. The molecule has 4 atom stereocenters. The molecule has 0 aliphatic rings. The van der Waals surface area contributed by atoms with Gasteiger partial charge in [-0.05, 0) is 42.2 Å². The average Bonchev–Trinajstić information content (AvgIpc) is 3.13. The van der Waals surface area contributed by atoms with Crippen molar-refractivity contribution in [1.82, 2.24) is 26.6 Å². The highest BCUT2D eigenvalue weighted by Gasteiger charge is 2.31. The lowest BCUT2D eigenvalue weighted by Crippen LogP contribution is -2.58. The minimum Gasteiger partial charge on any atom is -0.497 e. The number of nitrogens with one attached hydrogen (secondary N) is 5. The molecule has 0 aliphatic carbocycles. The number of aliphatic carboxylic acids is 3. The summed E-state index contributed by atoms with van der Waals surface area (Å²) in [5, 5.41) is 38.5. The van der Waals surface area contributed by atoms with Gasteiger partial charge in [-0.2, -0.15) is 0 Å². The van der Waals surface area contributed by atoms with Crippen molar-refractivity contribution < 1.29 is 67.6 Å². The SMILES string of the molecule is COc1ccc(C[C@H](NC(=O)[C@H](Cc2ccccc2F)NC(=O)CNC(=O)[C@H](CCC(=O)O)NC(=O)CCC(=O)O)C(=O)N[C@@H](CCC(=O)O)C(N)=O)cc1. The van der Waals surface area contributed by atoms with Crippen molar-refractivity contribution in [1.29, 1.82) is 0 Å². The highest BCUT2D eigenvalue weighted by molar-refractivity contribution is 5.96. The lowest BCUT2D eigenvalue weighted by atomic mass is 10.0. The van der Waals surface area contributed by atoms with E-state index in [1.807, 2.05) is 0 Å². The Bertz CT molecular complexity index is 1720. The zero-order chi connectivity index (χ0) is 41.1. The molecule has 0 heterocycles. The minimum atomic E-state index is -1.59. The molecule has 0 unspecified atom stereocenters. The molecule has 0 aliphatic heterocycles. The van der Waals surface area contributed by atoms with E-state index in [0.29, 0.717) is 11.3 Å². The van der Waals surface area contributed by atoms with Gasteiger partial charge in [0.25, 0.3) is 0 Å². The molecule has 2 rings (SSSR count). The minimum absolute atomic E-state index is 0.0246. The van der Waals surface area contributed by atoms with Gasteiger partial charge in [-0.15, -0.1) is 0 Å². The largest absolute Gasteiger partial charge is 0.497 e. The lowest BCUT2D eigenvalue weighted by Gasteiger charge is -2.25. The second-order valence-electron chi connectivity index (χ2n) is 12.1. The van der Waals surface area contributed by atoms with Crippen LogP contribution in [0.4, 0.5) is 4.39 Å². The molecule has 6 amide bonds. The summed E-state index contributed by atoms with van der Waals surface area (Å²) in [7, 11) is 1.43. The van der Waals surface area contributed by atoms with Crippen molar-refractivity contribution in [2.75, 3.05) is 13.7 Å². The fraction of sp³-hybridized carbons (Fsp3) is 0.400. The smallest absolute Gasteiger partial charge is 0.303 e. The molecule has 0 aromatic heterocycles. The molecule has 298 valence electrons. The Morgan fingerprint density at radius 3 is 1.71 bits per heavy atom. The van der Waals surface area contributed by atoms with Gasteiger partial charge in [0.1, 0.15) is 35.7 Å². The van der Waals surface area contributed by atoms with Crippen LogP contribution in [0.5, 0.6) is 5.75 Å². The second kappa shape index (κ2) is 22.5. The molecular weight excluding hydrogens is 731 g/mol. The number of rotatable bonds is 24. The molecule has 0 fully saturated rings. The molecule has 55 heavy (non-hydrogen) atoms. The summed E-state index contributed by atoms with van der Waals surface area (Å²) in [5.74, 6) is -9.98. The number of carboxylic acid groups (broad SMARTS) is 3. The summed E-state index contributed by atoms with van der Waals surface area (Å²) >= 11 is 0. The first-order valence-corrected chi connectivity index (χ1v) is 16.8. The van der Waals surface area contributed by atoms with Gasteiger partial charge >= 0.3 is 17.9 Å². The zero-order valence-electron chi connectivity index (χ0n) is 29.7. The van der Waals surface area contributed by atoms with Gasteiger partial charge in [-0.1, -0.05) is 30.3 Å². The van der Waals surface area contributed by atoms with Crippen molar-refractivity contribution in [2.45, 2.75) is 75.5 Å². The van der Waals surface area contributed by atoms with Crippen LogP contribution in [0.2, 0.25) is 0 Å². The zero-order valence-corrected chi connectivity index (χ0v) is 29.7. The van der Waals surface area contributed by atoms with E-state index in [1.54, 1.807) is 24.3 Å². The highest BCUT2D eigenvalue weighted by atomic mass is 19.1. The number of nitrogens with two attached hydrogens (primary N) is 1. The number of amides is 6. The van der Waals surface area contributed by atoms with Crippen LogP contribution in [0.15, 0.2) is 48.5 Å². The summed E-state index contributed by atoms with van der Waals surface area (Å²) < 4.78 is 19.9. The number of carbonyl (C=O) groups excluding carboxylic acids is 6. The first-order chi connectivity index (χ1) is 26.0. The number of primary amides is 1. The monoisotopic (exact) mass is 774 g/mol. The molecule has 10 N–H and O–H groups in total. The quantitative estimate of drug-likeness (QED) is 0.0603. The number of hydrogen-bond donors (Lipinski definition) is 9. The summed E-state index contributed by atoms with van der Waals surface area (Å²) in [6.45, 7) is -0.825. The predicted molar refractivity (Wildman–Crippen MR) is 187 cm³/mol. The molecule has 19 nitrogen and oxygen atoms in total. The van der Waals surface area contributed by atoms with Crippen molar-refractivity contribution >= 4 is 53.4 Å². The Labute approximate surface area is 313 Å². The topological polar surface area (TPSA) is 310 Å². The summed E-state index contributed by atoms with van der Waals surface area (Å²) in [5.41, 5.74) is 5.85. The number of halogens is 1. The molecule has 2 aromatic carbocycles. The maximum atomic E-state index is 14.7. The van der Waals surface area contributed by atoms with Crippen LogP contribution in [-0.4, -0.2) is 106 Å². The van der Waals surface area contributed by atoms with Crippen LogP contribution in [0.1, 0.15) is 49.7 Å². The van der Waals surface area contributed by atoms with Gasteiger partial charge in [0.2, 0.25) is 35.4 Å². The van der Waals surface area contributed by atoms with Crippen LogP contribution in [0, 0.1) is 5.82 Å². The Balaban J connectivity index is 2.33. The number of carboxylic acids is 3. The number of carbonyl (C=O) groups is 9. The van der Waals surface area contributed by atoms with E-state index >= 15 is 0 Å². The molecule has 0 radical (unpaired) electrons. The van der Waals surface area contributed by atoms with E-state index < -0.39 is 128 Å². The maximum Gasteiger partial charge on any atom is 0.303 e. The predicted octanol–water partition coefficient (Wildman–Crippen LogP) is -1.25. The van der Waals surface area contributed by atoms with Crippen molar-refractivity contribution in [2.24, 2.45) is 5.73 Å². The van der Waals surface area contributed by atoms with Crippen molar-refractivity contribution in [3.05, 3.63) is 65.5 Å². The van der Waals surface area contributed by atoms with Gasteiger partial charge < -0.3 is 52.4 Å². The molecule has 2 aromatic rings. The van der Waals surface area contributed by atoms with Gasteiger partial charge in [-0.25, -0.2) is 4.39 Å². The number of ether oxygens (including phenoxy) is 1.